The Labute approximate surface area is 110 Å². The first kappa shape index (κ1) is 13.1. The molecule has 0 amide bonds. The fourth-order valence-electron chi connectivity index (χ4n) is 1.84. The van der Waals surface area contributed by atoms with Crippen LogP contribution in [0.15, 0.2) is 35.7 Å². The van der Waals surface area contributed by atoms with Gasteiger partial charge >= 0.3 is 0 Å². The van der Waals surface area contributed by atoms with Crippen molar-refractivity contribution in [1.82, 2.24) is 5.32 Å². The Hall–Kier alpha value is -1.39. The zero-order chi connectivity index (χ0) is 13.0. The molecule has 2 rings (SSSR count). The fourth-order valence-corrected chi connectivity index (χ4v) is 2.72. The average molecular weight is 265 g/mol. The third-order valence-corrected chi connectivity index (χ3v) is 3.85. The van der Waals surface area contributed by atoms with E-state index in [4.69, 9.17) is 5.11 Å². The van der Waals surface area contributed by atoms with Crippen LogP contribution >= 0.6 is 11.3 Å². The predicted octanol–water partition coefficient (Wildman–Crippen LogP) is 3.83. The first-order valence-corrected chi connectivity index (χ1v) is 6.83. The highest BCUT2D eigenvalue weighted by Gasteiger charge is 2.10. The molecule has 0 spiro atoms. The van der Waals surface area contributed by atoms with Crippen LogP contribution in [-0.2, 0) is 6.54 Å². The largest absolute Gasteiger partial charge is 0.505 e. The summed E-state index contributed by atoms with van der Waals surface area (Å²) in [7, 11) is 0. The molecule has 2 nitrogen and oxygen atoms in total. The molecule has 96 valence electrons. The van der Waals surface area contributed by atoms with Gasteiger partial charge in [-0.05, 0) is 35.6 Å². The normalized spacial score (nSPS) is 12.6. The highest BCUT2D eigenvalue weighted by molar-refractivity contribution is 7.10. The minimum Gasteiger partial charge on any atom is -0.505 e. The van der Waals surface area contributed by atoms with E-state index in [2.05, 4.69) is 23.7 Å². The number of rotatable bonds is 5. The molecule has 1 heterocycles. The lowest BCUT2D eigenvalue weighted by atomic mass is 10.1. The number of phenolic OH excluding ortho intramolecular Hbond substituents is 1. The molecule has 1 aromatic heterocycles. The number of hydrogen-bond acceptors (Lipinski definition) is 3. The molecule has 0 aliphatic rings. The lowest BCUT2D eigenvalue weighted by Gasteiger charge is -2.15. The quantitative estimate of drug-likeness (QED) is 0.861. The van der Waals surface area contributed by atoms with Crippen molar-refractivity contribution in [3.8, 4) is 5.75 Å². The summed E-state index contributed by atoms with van der Waals surface area (Å²) in [6, 6.07) is 8.91. The maximum absolute atomic E-state index is 13.2. The van der Waals surface area contributed by atoms with Gasteiger partial charge in [0.1, 0.15) is 0 Å². The van der Waals surface area contributed by atoms with Crippen LogP contribution in [0, 0.1) is 5.82 Å². The summed E-state index contributed by atoms with van der Waals surface area (Å²) in [6.45, 7) is 2.71. The summed E-state index contributed by atoms with van der Waals surface area (Å²) in [5.74, 6) is -0.873. The minimum atomic E-state index is -0.571. The van der Waals surface area contributed by atoms with Gasteiger partial charge in [0.25, 0.3) is 0 Å². The van der Waals surface area contributed by atoms with E-state index in [1.54, 1.807) is 17.4 Å². The van der Waals surface area contributed by atoms with Crippen LogP contribution in [0.5, 0.6) is 5.75 Å². The number of benzene rings is 1. The molecule has 2 aromatic rings. The van der Waals surface area contributed by atoms with E-state index in [1.807, 2.05) is 6.07 Å². The van der Waals surface area contributed by atoms with Crippen molar-refractivity contribution < 1.29 is 9.50 Å². The Bertz CT molecular complexity index is 499. The van der Waals surface area contributed by atoms with Gasteiger partial charge in [0.15, 0.2) is 11.6 Å². The molecule has 1 aromatic carbocycles. The molecule has 1 atom stereocenters. The third-order valence-electron chi connectivity index (χ3n) is 2.86. The van der Waals surface area contributed by atoms with Gasteiger partial charge < -0.3 is 10.4 Å². The fraction of sp³-hybridized carbons (Fsp3) is 0.286. The molecule has 18 heavy (non-hydrogen) atoms. The summed E-state index contributed by atoms with van der Waals surface area (Å²) in [5, 5.41) is 14.6. The molecule has 0 saturated carbocycles. The molecule has 1 unspecified atom stereocenters. The van der Waals surface area contributed by atoms with Crippen molar-refractivity contribution >= 4 is 11.3 Å². The van der Waals surface area contributed by atoms with E-state index in [1.165, 1.54) is 17.0 Å². The van der Waals surface area contributed by atoms with E-state index in [-0.39, 0.29) is 5.75 Å². The van der Waals surface area contributed by atoms with Gasteiger partial charge in [0.2, 0.25) is 0 Å². The molecule has 2 N–H and O–H groups in total. The number of nitrogens with one attached hydrogen (secondary N) is 1. The van der Waals surface area contributed by atoms with Crippen molar-refractivity contribution in [3.63, 3.8) is 0 Å². The van der Waals surface area contributed by atoms with Crippen molar-refractivity contribution in [3.05, 3.63) is 52.0 Å². The van der Waals surface area contributed by atoms with E-state index < -0.39 is 5.82 Å². The Morgan fingerprint density at radius 3 is 2.83 bits per heavy atom. The lowest BCUT2D eigenvalue weighted by Crippen LogP contribution is -2.19. The molecule has 4 heteroatoms. The molecular formula is C14H16FNOS. The highest BCUT2D eigenvalue weighted by atomic mass is 32.1. The summed E-state index contributed by atoms with van der Waals surface area (Å²) in [6.07, 6.45) is 0.987. The van der Waals surface area contributed by atoms with Crippen LogP contribution in [0.3, 0.4) is 0 Å². The number of halogens is 1. The van der Waals surface area contributed by atoms with Crippen molar-refractivity contribution in [2.24, 2.45) is 0 Å². The summed E-state index contributed by atoms with van der Waals surface area (Å²) >= 11 is 1.72. The maximum Gasteiger partial charge on any atom is 0.165 e. The van der Waals surface area contributed by atoms with Crippen LogP contribution in [-0.4, -0.2) is 5.11 Å². The molecule has 0 saturated heterocycles. The van der Waals surface area contributed by atoms with Crippen LogP contribution in [0.1, 0.15) is 29.8 Å². The highest BCUT2D eigenvalue weighted by Crippen LogP contribution is 2.22. The van der Waals surface area contributed by atoms with E-state index >= 15 is 0 Å². The molecule has 0 fully saturated rings. The zero-order valence-electron chi connectivity index (χ0n) is 10.2. The predicted molar refractivity (Wildman–Crippen MR) is 72.3 cm³/mol. The maximum atomic E-state index is 13.2. The lowest BCUT2D eigenvalue weighted by molar-refractivity contribution is 0.431. The van der Waals surface area contributed by atoms with Crippen molar-refractivity contribution in [1.29, 1.82) is 0 Å². The molecule has 0 radical (unpaired) electrons. The SMILES string of the molecule is CCC(NCc1ccc(O)c(F)c1)c1cccs1. The van der Waals surface area contributed by atoms with Gasteiger partial charge in [-0.2, -0.15) is 0 Å². The second-order valence-electron chi connectivity index (χ2n) is 4.14. The minimum absolute atomic E-state index is 0.293. The van der Waals surface area contributed by atoms with Crippen LogP contribution < -0.4 is 5.32 Å². The second kappa shape index (κ2) is 5.98. The van der Waals surface area contributed by atoms with Crippen molar-refractivity contribution in [2.75, 3.05) is 0 Å². The Kier molecular flexibility index (Phi) is 4.33. The Morgan fingerprint density at radius 1 is 1.39 bits per heavy atom. The number of hydrogen-bond donors (Lipinski definition) is 2. The third kappa shape index (κ3) is 3.09. The van der Waals surface area contributed by atoms with E-state index in [0.717, 1.165) is 12.0 Å². The standard InChI is InChI=1S/C14H16FNOS/c1-2-12(14-4-3-7-18-14)16-9-10-5-6-13(17)11(15)8-10/h3-8,12,16-17H,2,9H2,1H3. The van der Waals surface area contributed by atoms with Crippen LogP contribution in [0.25, 0.3) is 0 Å². The van der Waals surface area contributed by atoms with Crippen molar-refractivity contribution in [2.45, 2.75) is 25.9 Å². The van der Waals surface area contributed by atoms with Gasteiger partial charge in [0, 0.05) is 17.5 Å². The van der Waals surface area contributed by atoms with Gasteiger partial charge in [0.05, 0.1) is 0 Å². The van der Waals surface area contributed by atoms with Crippen LogP contribution in [0.2, 0.25) is 0 Å². The van der Waals surface area contributed by atoms with Gasteiger partial charge in [-0.1, -0.05) is 19.1 Å². The Morgan fingerprint density at radius 2 is 2.22 bits per heavy atom. The summed E-state index contributed by atoms with van der Waals surface area (Å²) in [5.41, 5.74) is 0.834. The number of phenols is 1. The monoisotopic (exact) mass is 265 g/mol. The number of thiophene rings is 1. The van der Waals surface area contributed by atoms with Gasteiger partial charge in [-0.15, -0.1) is 11.3 Å². The first-order valence-electron chi connectivity index (χ1n) is 5.95. The number of aromatic hydroxyl groups is 1. The van der Waals surface area contributed by atoms with E-state index in [9.17, 15) is 4.39 Å². The zero-order valence-corrected chi connectivity index (χ0v) is 11.0. The van der Waals surface area contributed by atoms with E-state index in [0.29, 0.717) is 12.6 Å². The van der Waals surface area contributed by atoms with Gasteiger partial charge in [-0.25, -0.2) is 4.39 Å². The molecular weight excluding hydrogens is 249 g/mol. The van der Waals surface area contributed by atoms with Gasteiger partial charge in [-0.3, -0.25) is 0 Å². The summed E-state index contributed by atoms with van der Waals surface area (Å²) in [4.78, 5) is 1.29. The first-order chi connectivity index (χ1) is 8.70. The molecule has 0 aliphatic carbocycles. The summed E-state index contributed by atoms with van der Waals surface area (Å²) < 4.78 is 13.2. The topological polar surface area (TPSA) is 32.3 Å². The second-order valence-corrected chi connectivity index (χ2v) is 5.12. The smallest absolute Gasteiger partial charge is 0.165 e. The molecule has 0 bridgehead atoms. The van der Waals surface area contributed by atoms with Crippen LogP contribution in [0.4, 0.5) is 4.39 Å². The Balaban J connectivity index is 1.99. The molecule has 0 aliphatic heterocycles. The average Bonchev–Trinajstić information content (AvgIpc) is 2.88.